The van der Waals surface area contributed by atoms with Crippen molar-refractivity contribution in [3.63, 3.8) is 0 Å². The second-order valence-corrected chi connectivity index (χ2v) is 10.7. The Hall–Kier alpha value is -3.94. The van der Waals surface area contributed by atoms with Crippen molar-refractivity contribution in [1.29, 1.82) is 0 Å². The van der Waals surface area contributed by atoms with Gasteiger partial charge in [-0.2, -0.15) is 0 Å². The van der Waals surface area contributed by atoms with E-state index >= 15 is 0 Å². The number of piperazine rings is 1. The molecule has 1 saturated heterocycles. The fourth-order valence-corrected chi connectivity index (χ4v) is 5.85. The van der Waals surface area contributed by atoms with Crippen LogP contribution in [-0.2, 0) is 10.0 Å². The fourth-order valence-electron chi connectivity index (χ4n) is 4.78. The van der Waals surface area contributed by atoms with Crippen LogP contribution in [0.1, 0.15) is 27.5 Å². The van der Waals surface area contributed by atoms with Crippen molar-refractivity contribution < 1.29 is 13.2 Å². The number of carbonyl (C=O) groups is 1. The summed E-state index contributed by atoms with van der Waals surface area (Å²) in [6.07, 6.45) is 0. The fraction of sp³-hybridized carbons (Fsp3) is 0.167. The Morgan fingerprint density at radius 3 is 1.78 bits per heavy atom. The van der Waals surface area contributed by atoms with Gasteiger partial charge in [-0.25, -0.2) is 8.42 Å². The van der Waals surface area contributed by atoms with E-state index in [-0.39, 0.29) is 16.8 Å². The molecule has 0 unspecified atom stereocenters. The second kappa shape index (κ2) is 11.0. The van der Waals surface area contributed by atoms with Gasteiger partial charge in [0.1, 0.15) is 0 Å². The molecular weight excluding hydrogens is 482 g/mol. The summed E-state index contributed by atoms with van der Waals surface area (Å²) in [4.78, 5) is 17.8. The number of amides is 1. The standard InChI is InChI=1S/C30H29N3O3S/c34-30(26-15-10-16-27(23-26)31-37(35,36)28-17-8-3-9-18-28)33-21-19-32(20-22-33)29(24-11-4-1-5-12-24)25-13-6-2-7-14-25/h1-18,23,29,31H,19-22H2. The molecule has 1 aliphatic heterocycles. The molecular formula is C30H29N3O3S. The second-order valence-electron chi connectivity index (χ2n) is 9.05. The summed E-state index contributed by atoms with van der Waals surface area (Å²) >= 11 is 0. The van der Waals surface area contributed by atoms with Crippen molar-refractivity contribution in [2.24, 2.45) is 0 Å². The van der Waals surface area contributed by atoms with Crippen LogP contribution in [0.5, 0.6) is 0 Å². The maximum atomic E-state index is 13.3. The lowest BCUT2D eigenvalue weighted by Crippen LogP contribution is -2.49. The normalized spacial score (nSPS) is 14.5. The molecule has 0 atom stereocenters. The lowest BCUT2D eigenvalue weighted by molar-refractivity contribution is 0.0597. The molecule has 1 amide bonds. The van der Waals surface area contributed by atoms with Gasteiger partial charge in [0.15, 0.2) is 0 Å². The third-order valence-corrected chi connectivity index (χ3v) is 8.01. The number of sulfonamides is 1. The average molecular weight is 512 g/mol. The van der Waals surface area contributed by atoms with Crippen molar-refractivity contribution in [1.82, 2.24) is 9.80 Å². The Balaban J connectivity index is 1.28. The molecule has 5 rings (SSSR count). The van der Waals surface area contributed by atoms with Crippen molar-refractivity contribution in [3.8, 4) is 0 Å². The Morgan fingerprint density at radius 2 is 1.22 bits per heavy atom. The zero-order valence-corrected chi connectivity index (χ0v) is 21.2. The third kappa shape index (κ3) is 5.74. The Kier molecular flexibility index (Phi) is 7.35. The molecule has 4 aromatic carbocycles. The van der Waals surface area contributed by atoms with Gasteiger partial charge < -0.3 is 4.90 Å². The van der Waals surface area contributed by atoms with Crippen LogP contribution in [0.25, 0.3) is 0 Å². The van der Waals surface area contributed by atoms with Crippen molar-refractivity contribution in [2.45, 2.75) is 10.9 Å². The molecule has 7 heteroatoms. The SMILES string of the molecule is O=C(c1cccc(NS(=O)(=O)c2ccccc2)c1)N1CCN(C(c2ccccc2)c2ccccc2)CC1. The number of nitrogens with one attached hydrogen (secondary N) is 1. The minimum atomic E-state index is -3.73. The maximum absolute atomic E-state index is 13.3. The lowest BCUT2D eigenvalue weighted by atomic mass is 9.96. The van der Waals surface area contributed by atoms with E-state index in [0.29, 0.717) is 24.3 Å². The van der Waals surface area contributed by atoms with Gasteiger partial charge in [0.05, 0.1) is 10.9 Å². The molecule has 4 aromatic rings. The van der Waals surface area contributed by atoms with Crippen LogP contribution in [-0.4, -0.2) is 50.3 Å². The van der Waals surface area contributed by atoms with Gasteiger partial charge in [0, 0.05) is 37.4 Å². The summed E-state index contributed by atoms with van der Waals surface area (Å²) in [5.74, 6) is -0.101. The minimum absolute atomic E-state index is 0.101. The van der Waals surface area contributed by atoms with Crippen molar-refractivity contribution in [2.75, 3.05) is 30.9 Å². The average Bonchev–Trinajstić information content (AvgIpc) is 2.95. The molecule has 1 aliphatic rings. The van der Waals surface area contributed by atoms with E-state index < -0.39 is 10.0 Å². The summed E-state index contributed by atoms with van der Waals surface area (Å²) in [5.41, 5.74) is 3.28. The summed E-state index contributed by atoms with van der Waals surface area (Å²) in [5, 5.41) is 0. The number of hydrogen-bond donors (Lipinski definition) is 1. The van der Waals surface area contributed by atoms with E-state index in [1.54, 1.807) is 42.5 Å². The molecule has 1 fully saturated rings. The highest BCUT2D eigenvalue weighted by Gasteiger charge is 2.28. The number of nitrogens with zero attached hydrogens (tertiary/aromatic N) is 2. The Bertz CT molecular complexity index is 1400. The molecule has 1 N–H and O–H groups in total. The molecule has 0 aromatic heterocycles. The van der Waals surface area contributed by atoms with E-state index in [4.69, 9.17) is 0 Å². The van der Waals surface area contributed by atoms with Gasteiger partial charge in [-0.1, -0.05) is 84.9 Å². The molecule has 188 valence electrons. The predicted molar refractivity (Wildman–Crippen MR) is 146 cm³/mol. The summed E-state index contributed by atoms with van der Waals surface area (Å²) in [6.45, 7) is 2.66. The van der Waals surface area contributed by atoms with Gasteiger partial charge in [0.2, 0.25) is 0 Å². The highest BCUT2D eigenvalue weighted by Crippen LogP contribution is 2.30. The van der Waals surface area contributed by atoms with Crippen LogP contribution in [0.2, 0.25) is 0 Å². The van der Waals surface area contributed by atoms with Crippen LogP contribution in [0.15, 0.2) is 120 Å². The van der Waals surface area contributed by atoms with Crippen LogP contribution in [0.3, 0.4) is 0 Å². The van der Waals surface area contributed by atoms with E-state index in [0.717, 1.165) is 13.1 Å². The first-order valence-corrected chi connectivity index (χ1v) is 13.8. The molecule has 0 spiro atoms. The molecule has 0 saturated carbocycles. The maximum Gasteiger partial charge on any atom is 0.261 e. The monoisotopic (exact) mass is 511 g/mol. The highest BCUT2D eigenvalue weighted by atomic mass is 32.2. The third-order valence-electron chi connectivity index (χ3n) is 6.61. The van der Waals surface area contributed by atoms with Gasteiger partial charge in [-0.05, 0) is 41.5 Å². The molecule has 1 heterocycles. The lowest BCUT2D eigenvalue weighted by Gasteiger charge is -2.39. The largest absolute Gasteiger partial charge is 0.336 e. The van der Waals surface area contributed by atoms with Crippen LogP contribution in [0.4, 0.5) is 5.69 Å². The van der Waals surface area contributed by atoms with Gasteiger partial charge in [-0.15, -0.1) is 0 Å². The number of benzene rings is 4. The predicted octanol–water partition coefficient (Wildman–Crippen LogP) is 5.03. The highest BCUT2D eigenvalue weighted by molar-refractivity contribution is 7.92. The van der Waals surface area contributed by atoms with Crippen LogP contribution < -0.4 is 4.72 Å². The Morgan fingerprint density at radius 1 is 0.676 bits per heavy atom. The van der Waals surface area contributed by atoms with Crippen molar-refractivity contribution in [3.05, 3.63) is 132 Å². The van der Waals surface area contributed by atoms with E-state index in [1.807, 2.05) is 17.0 Å². The topological polar surface area (TPSA) is 69.7 Å². The van der Waals surface area contributed by atoms with Crippen molar-refractivity contribution >= 4 is 21.6 Å². The van der Waals surface area contributed by atoms with E-state index in [1.165, 1.54) is 23.3 Å². The zero-order chi connectivity index (χ0) is 25.7. The molecule has 0 bridgehead atoms. The summed E-state index contributed by atoms with van der Waals surface area (Å²) in [7, 11) is -3.73. The first kappa shape index (κ1) is 24.7. The van der Waals surface area contributed by atoms with E-state index in [2.05, 4.69) is 58.2 Å². The Labute approximate surface area is 218 Å². The first-order chi connectivity index (χ1) is 18.0. The van der Waals surface area contributed by atoms with Crippen LogP contribution in [0, 0.1) is 0 Å². The van der Waals surface area contributed by atoms with E-state index in [9.17, 15) is 13.2 Å². The molecule has 6 nitrogen and oxygen atoms in total. The first-order valence-electron chi connectivity index (χ1n) is 12.3. The number of carbonyl (C=O) groups excluding carboxylic acids is 1. The smallest absolute Gasteiger partial charge is 0.261 e. The summed E-state index contributed by atoms with van der Waals surface area (Å²) in [6, 6.07) is 35.9. The zero-order valence-electron chi connectivity index (χ0n) is 20.4. The van der Waals surface area contributed by atoms with Crippen LogP contribution >= 0.6 is 0 Å². The number of anilines is 1. The number of hydrogen-bond acceptors (Lipinski definition) is 4. The van der Waals surface area contributed by atoms with Gasteiger partial charge in [-0.3, -0.25) is 14.4 Å². The minimum Gasteiger partial charge on any atom is -0.336 e. The quantitative estimate of drug-likeness (QED) is 0.378. The number of rotatable bonds is 7. The summed E-state index contributed by atoms with van der Waals surface area (Å²) < 4.78 is 28.0. The van der Waals surface area contributed by atoms with Gasteiger partial charge in [0.25, 0.3) is 15.9 Å². The molecule has 0 radical (unpaired) electrons. The molecule has 37 heavy (non-hydrogen) atoms. The van der Waals surface area contributed by atoms with Gasteiger partial charge >= 0.3 is 0 Å². The molecule has 0 aliphatic carbocycles.